The third kappa shape index (κ3) is 3.66. The predicted octanol–water partition coefficient (Wildman–Crippen LogP) is 3.38. The molecule has 3 aromatic rings. The number of aromatic nitrogens is 2. The molecule has 124 valence electrons. The van der Waals surface area contributed by atoms with Crippen LogP contribution >= 0.6 is 22.9 Å². The minimum atomic E-state index is -0.121. The van der Waals surface area contributed by atoms with Crippen molar-refractivity contribution in [2.75, 3.05) is 0 Å². The van der Waals surface area contributed by atoms with Gasteiger partial charge in [-0.25, -0.2) is 4.98 Å². The van der Waals surface area contributed by atoms with Crippen molar-refractivity contribution in [2.45, 2.75) is 25.9 Å². The van der Waals surface area contributed by atoms with E-state index in [4.69, 9.17) is 11.6 Å². The quantitative estimate of drug-likeness (QED) is 0.757. The number of carbonyl (C=O) groups excluding carboxylic acids is 1. The summed E-state index contributed by atoms with van der Waals surface area (Å²) in [6.45, 7) is 2.21. The summed E-state index contributed by atoms with van der Waals surface area (Å²) in [4.78, 5) is 29.3. The fourth-order valence-corrected chi connectivity index (χ4v) is 3.27. The maximum absolute atomic E-state index is 12.3. The molecule has 3 rings (SSSR count). The van der Waals surface area contributed by atoms with Crippen molar-refractivity contribution >= 4 is 39.1 Å². The number of nitrogens with one attached hydrogen (secondary N) is 1. The van der Waals surface area contributed by atoms with E-state index in [1.807, 2.05) is 24.4 Å². The molecule has 1 amide bonds. The second kappa shape index (κ2) is 7.15. The van der Waals surface area contributed by atoms with Crippen molar-refractivity contribution in [1.29, 1.82) is 0 Å². The van der Waals surface area contributed by atoms with Crippen LogP contribution in [0.15, 0.2) is 46.8 Å². The second-order valence-electron chi connectivity index (χ2n) is 5.47. The van der Waals surface area contributed by atoms with Crippen LogP contribution in [0.25, 0.3) is 10.2 Å². The zero-order valence-corrected chi connectivity index (χ0v) is 14.6. The fourth-order valence-electron chi connectivity index (χ4n) is 2.42. The molecule has 0 fully saturated rings. The van der Waals surface area contributed by atoms with Gasteiger partial charge in [0.2, 0.25) is 5.91 Å². The lowest BCUT2D eigenvalue weighted by atomic mass is 10.1. The summed E-state index contributed by atoms with van der Waals surface area (Å²) in [5, 5.41) is 6.01. The van der Waals surface area contributed by atoms with Gasteiger partial charge in [0.1, 0.15) is 4.83 Å². The average Bonchev–Trinajstić information content (AvgIpc) is 3.04. The first-order chi connectivity index (χ1) is 11.5. The van der Waals surface area contributed by atoms with E-state index in [1.54, 1.807) is 18.2 Å². The molecule has 0 spiro atoms. The molecule has 7 heteroatoms. The first-order valence-corrected chi connectivity index (χ1v) is 8.78. The van der Waals surface area contributed by atoms with Gasteiger partial charge < -0.3 is 5.32 Å². The van der Waals surface area contributed by atoms with Crippen LogP contribution in [-0.4, -0.2) is 15.5 Å². The zero-order chi connectivity index (χ0) is 17.1. The number of rotatable bonds is 5. The summed E-state index contributed by atoms with van der Waals surface area (Å²) < 4.78 is 1.47. The summed E-state index contributed by atoms with van der Waals surface area (Å²) in [5.74, 6) is -0.116. The fraction of sp³-hybridized carbons (Fsp3) is 0.235. The first kappa shape index (κ1) is 16.7. The van der Waals surface area contributed by atoms with Crippen LogP contribution in [0.3, 0.4) is 0 Å². The van der Waals surface area contributed by atoms with Gasteiger partial charge in [-0.05, 0) is 36.1 Å². The van der Waals surface area contributed by atoms with Crippen LogP contribution in [0.1, 0.15) is 24.9 Å². The van der Waals surface area contributed by atoms with Gasteiger partial charge in [0.05, 0.1) is 17.8 Å². The number of thiophene rings is 1. The molecule has 1 aromatic carbocycles. The van der Waals surface area contributed by atoms with Gasteiger partial charge in [-0.3, -0.25) is 14.2 Å². The van der Waals surface area contributed by atoms with Crippen LogP contribution in [-0.2, 0) is 11.3 Å². The molecule has 2 heterocycles. The third-order valence-corrected chi connectivity index (χ3v) is 4.85. The summed E-state index contributed by atoms with van der Waals surface area (Å²) in [7, 11) is 0. The number of benzene rings is 1. The minimum absolute atomic E-state index is 0.111. The molecular formula is C17H16ClN3O2S. The number of aryl methyl sites for hydroxylation is 1. The van der Waals surface area contributed by atoms with E-state index in [-0.39, 0.29) is 23.9 Å². The number of nitrogens with zero attached hydrogens (tertiary/aromatic N) is 2. The molecule has 0 aliphatic carbocycles. The Hall–Kier alpha value is -2.18. The highest BCUT2D eigenvalue weighted by Crippen LogP contribution is 2.16. The van der Waals surface area contributed by atoms with E-state index in [0.29, 0.717) is 17.0 Å². The molecular weight excluding hydrogens is 346 g/mol. The van der Waals surface area contributed by atoms with Crippen molar-refractivity contribution in [1.82, 2.24) is 14.9 Å². The molecule has 2 aromatic heterocycles. The predicted molar refractivity (Wildman–Crippen MR) is 96.5 cm³/mol. The molecule has 0 aliphatic heterocycles. The monoisotopic (exact) mass is 361 g/mol. The molecule has 1 atom stereocenters. The van der Waals surface area contributed by atoms with Gasteiger partial charge in [-0.1, -0.05) is 23.7 Å². The standard InChI is InChI=1S/C17H16ClN3O2S/c1-11(12-2-4-13(18)5-3-12)20-15(22)6-8-21-10-19-16-14(17(21)23)7-9-24-16/h2-5,7,9-11H,6,8H2,1H3,(H,20,22)/t11-/m1/s1. The van der Waals surface area contributed by atoms with Crippen molar-refractivity contribution in [3.05, 3.63) is 63.0 Å². The van der Waals surface area contributed by atoms with Crippen molar-refractivity contribution in [3.63, 3.8) is 0 Å². The molecule has 0 bridgehead atoms. The number of halogens is 1. The van der Waals surface area contributed by atoms with Gasteiger partial charge in [-0.15, -0.1) is 11.3 Å². The SMILES string of the molecule is C[C@@H](NC(=O)CCn1cnc2sccc2c1=O)c1ccc(Cl)cc1. The number of fused-ring (bicyclic) bond motifs is 1. The smallest absolute Gasteiger partial charge is 0.262 e. The molecule has 0 aliphatic rings. The van der Waals surface area contributed by atoms with Crippen LogP contribution in [0.4, 0.5) is 0 Å². The Morgan fingerprint density at radius 2 is 2.08 bits per heavy atom. The van der Waals surface area contributed by atoms with E-state index >= 15 is 0 Å². The van der Waals surface area contributed by atoms with Gasteiger partial charge >= 0.3 is 0 Å². The van der Waals surface area contributed by atoms with Crippen molar-refractivity contribution in [2.24, 2.45) is 0 Å². The summed E-state index contributed by atoms with van der Waals surface area (Å²) in [6.07, 6.45) is 1.71. The van der Waals surface area contributed by atoms with Crippen LogP contribution in [0.5, 0.6) is 0 Å². The maximum Gasteiger partial charge on any atom is 0.262 e. The lowest BCUT2D eigenvalue weighted by Gasteiger charge is -2.14. The largest absolute Gasteiger partial charge is 0.350 e. The number of carbonyl (C=O) groups is 1. The Bertz CT molecular complexity index is 917. The van der Waals surface area contributed by atoms with Crippen LogP contribution < -0.4 is 10.9 Å². The molecule has 24 heavy (non-hydrogen) atoms. The molecule has 1 N–H and O–H groups in total. The normalized spacial score (nSPS) is 12.2. The highest BCUT2D eigenvalue weighted by molar-refractivity contribution is 7.16. The minimum Gasteiger partial charge on any atom is -0.350 e. The molecule has 0 saturated heterocycles. The van der Waals surface area contributed by atoms with E-state index in [1.165, 1.54) is 22.2 Å². The lowest BCUT2D eigenvalue weighted by Crippen LogP contribution is -2.29. The van der Waals surface area contributed by atoms with Crippen LogP contribution in [0.2, 0.25) is 5.02 Å². The Balaban J connectivity index is 1.61. The van der Waals surface area contributed by atoms with E-state index in [9.17, 15) is 9.59 Å². The molecule has 0 unspecified atom stereocenters. The highest BCUT2D eigenvalue weighted by atomic mass is 35.5. The first-order valence-electron chi connectivity index (χ1n) is 7.52. The average molecular weight is 362 g/mol. The Morgan fingerprint density at radius 1 is 1.33 bits per heavy atom. The summed E-state index contributed by atoms with van der Waals surface area (Å²) in [6, 6.07) is 8.98. The van der Waals surface area contributed by atoms with Gasteiger partial charge in [-0.2, -0.15) is 0 Å². The molecule has 5 nitrogen and oxygen atoms in total. The second-order valence-corrected chi connectivity index (χ2v) is 6.80. The van der Waals surface area contributed by atoms with Gasteiger partial charge in [0, 0.05) is 18.0 Å². The third-order valence-electron chi connectivity index (χ3n) is 3.78. The van der Waals surface area contributed by atoms with E-state index in [0.717, 1.165) is 10.4 Å². The van der Waals surface area contributed by atoms with Crippen molar-refractivity contribution < 1.29 is 4.79 Å². The molecule has 0 saturated carbocycles. The van der Waals surface area contributed by atoms with Gasteiger partial charge in [0.15, 0.2) is 0 Å². The summed E-state index contributed by atoms with van der Waals surface area (Å²) in [5.41, 5.74) is 0.867. The maximum atomic E-state index is 12.3. The molecule has 0 radical (unpaired) electrons. The zero-order valence-electron chi connectivity index (χ0n) is 13.0. The topological polar surface area (TPSA) is 64.0 Å². The van der Waals surface area contributed by atoms with E-state index in [2.05, 4.69) is 10.3 Å². The van der Waals surface area contributed by atoms with Crippen LogP contribution in [0, 0.1) is 0 Å². The number of amides is 1. The number of hydrogen-bond acceptors (Lipinski definition) is 4. The lowest BCUT2D eigenvalue weighted by molar-refractivity contribution is -0.121. The highest BCUT2D eigenvalue weighted by Gasteiger charge is 2.11. The van der Waals surface area contributed by atoms with Crippen molar-refractivity contribution in [3.8, 4) is 0 Å². The van der Waals surface area contributed by atoms with Gasteiger partial charge in [0.25, 0.3) is 5.56 Å². The Labute approximate surface area is 147 Å². The Morgan fingerprint density at radius 3 is 2.83 bits per heavy atom. The summed E-state index contributed by atoms with van der Waals surface area (Å²) >= 11 is 7.29. The number of hydrogen-bond donors (Lipinski definition) is 1. The Kier molecular flexibility index (Phi) is 4.97. The van der Waals surface area contributed by atoms with E-state index < -0.39 is 0 Å².